The number of aryl methyl sites for hydroxylation is 1. The maximum absolute atomic E-state index is 4.34. The van der Waals surface area contributed by atoms with Crippen molar-refractivity contribution in [2.75, 3.05) is 19.0 Å². The molecule has 1 aliphatic rings. The van der Waals surface area contributed by atoms with Crippen molar-refractivity contribution in [3.05, 3.63) is 11.9 Å². The fourth-order valence-electron chi connectivity index (χ4n) is 1.75. The van der Waals surface area contributed by atoms with E-state index >= 15 is 0 Å². The highest BCUT2D eigenvalue weighted by atomic mass is 15.3. The van der Waals surface area contributed by atoms with Crippen LogP contribution in [0, 0.1) is 0 Å². The van der Waals surface area contributed by atoms with Crippen LogP contribution in [0.4, 0.5) is 5.69 Å². The second kappa shape index (κ2) is 3.79. The number of rotatable bonds is 3. The first kappa shape index (κ1) is 8.56. The molecular weight excluding hydrogens is 164 g/mol. The van der Waals surface area contributed by atoms with Crippen molar-refractivity contribution in [3.63, 3.8) is 0 Å². The molecule has 0 atom stereocenters. The van der Waals surface area contributed by atoms with Gasteiger partial charge in [-0.1, -0.05) is 0 Å². The smallest absolute Gasteiger partial charge is 0.0769 e. The summed E-state index contributed by atoms with van der Waals surface area (Å²) in [6, 6.07) is 0. The Balaban J connectivity index is 2.12. The lowest BCUT2D eigenvalue weighted by Gasteiger charge is -2.15. The molecule has 4 heteroatoms. The molecule has 1 aliphatic heterocycles. The molecule has 4 nitrogen and oxygen atoms in total. The van der Waals surface area contributed by atoms with Gasteiger partial charge in [0.2, 0.25) is 0 Å². The first-order valence-corrected chi connectivity index (χ1v) is 4.85. The molecular formula is C9H16N4. The standard InChI is InChI=1S/C9H16N4/c1-10-7-11-8-6-12-13-5-3-2-4-9(8)13/h6,10-11H,2-5,7H2,1H3. The monoisotopic (exact) mass is 180 g/mol. The predicted octanol–water partition coefficient (Wildman–Crippen LogP) is 0.808. The largest absolute Gasteiger partial charge is 0.370 e. The van der Waals surface area contributed by atoms with Gasteiger partial charge in [0.05, 0.1) is 24.2 Å². The summed E-state index contributed by atoms with van der Waals surface area (Å²) in [5.41, 5.74) is 2.55. The Morgan fingerprint density at radius 3 is 3.31 bits per heavy atom. The minimum Gasteiger partial charge on any atom is -0.370 e. The van der Waals surface area contributed by atoms with Crippen molar-refractivity contribution >= 4 is 5.69 Å². The number of fused-ring (bicyclic) bond motifs is 1. The van der Waals surface area contributed by atoms with Gasteiger partial charge in [-0.05, 0) is 26.3 Å². The summed E-state index contributed by atoms with van der Waals surface area (Å²) in [5, 5.41) is 10.7. The summed E-state index contributed by atoms with van der Waals surface area (Å²) in [7, 11) is 1.93. The number of anilines is 1. The Kier molecular flexibility index (Phi) is 2.49. The molecule has 0 saturated carbocycles. The second-order valence-corrected chi connectivity index (χ2v) is 3.39. The van der Waals surface area contributed by atoms with E-state index < -0.39 is 0 Å². The normalized spacial score (nSPS) is 15.5. The molecule has 0 unspecified atom stereocenters. The molecule has 0 radical (unpaired) electrons. The maximum atomic E-state index is 4.34. The third kappa shape index (κ3) is 1.67. The van der Waals surface area contributed by atoms with Crippen molar-refractivity contribution in [1.29, 1.82) is 0 Å². The number of nitrogens with zero attached hydrogens (tertiary/aromatic N) is 2. The Morgan fingerprint density at radius 2 is 2.46 bits per heavy atom. The molecule has 0 fully saturated rings. The predicted molar refractivity (Wildman–Crippen MR) is 52.7 cm³/mol. The van der Waals surface area contributed by atoms with E-state index in [9.17, 15) is 0 Å². The van der Waals surface area contributed by atoms with Crippen LogP contribution in [-0.4, -0.2) is 23.5 Å². The zero-order valence-electron chi connectivity index (χ0n) is 8.01. The summed E-state index contributed by atoms with van der Waals surface area (Å²) >= 11 is 0. The minimum atomic E-state index is 0.804. The lowest BCUT2D eigenvalue weighted by Crippen LogP contribution is -2.18. The fourth-order valence-corrected chi connectivity index (χ4v) is 1.75. The van der Waals surface area contributed by atoms with Gasteiger partial charge in [-0.15, -0.1) is 0 Å². The van der Waals surface area contributed by atoms with E-state index in [0.29, 0.717) is 0 Å². The van der Waals surface area contributed by atoms with Crippen LogP contribution in [0.2, 0.25) is 0 Å². The van der Waals surface area contributed by atoms with Gasteiger partial charge in [0.15, 0.2) is 0 Å². The molecule has 0 bridgehead atoms. The molecule has 2 N–H and O–H groups in total. The Labute approximate surface area is 78.3 Å². The van der Waals surface area contributed by atoms with Gasteiger partial charge in [-0.25, -0.2) is 0 Å². The van der Waals surface area contributed by atoms with Gasteiger partial charge >= 0.3 is 0 Å². The average Bonchev–Trinajstić information content (AvgIpc) is 2.58. The van der Waals surface area contributed by atoms with Gasteiger partial charge in [0, 0.05) is 6.54 Å². The first-order chi connectivity index (χ1) is 6.42. The summed E-state index contributed by atoms with van der Waals surface area (Å²) < 4.78 is 2.11. The molecule has 1 aromatic heterocycles. The Morgan fingerprint density at radius 1 is 1.54 bits per heavy atom. The van der Waals surface area contributed by atoms with Crippen LogP contribution in [0.15, 0.2) is 6.20 Å². The van der Waals surface area contributed by atoms with Gasteiger partial charge < -0.3 is 10.6 Å². The summed E-state index contributed by atoms with van der Waals surface area (Å²) in [5.74, 6) is 0. The summed E-state index contributed by atoms with van der Waals surface area (Å²) in [6.07, 6.45) is 5.64. The highest BCUT2D eigenvalue weighted by molar-refractivity contribution is 5.46. The van der Waals surface area contributed by atoms with Gasteiger partial charge in [0.1, 0.15) is 0 Å². The lowest BCUT2D eigenvalue weighted by atomic mass is 10.1. The third-order valence-electron chi connectivity index (χ3n) is 2.44. The molecule has 1 aromatic rings. The zero-order valence-corrected chi connectivity index (χ0v) is 8.01. The van der Waals surface area contributed by atoms with E-state index in [4.69, 9.17) is 0 Å². The quantitative estimate of drug-likeness (QED) is 0.676. The molecule has 2 heterocycles. The van der Waals surface area contributed by atoms with Crippen molar-refractivity contribution in [1.82, 2.24) is 15.1 Å². The van der Waals surface area contributed by atoms with Gasteiger partial charge in [0.25, 0.3) is 0 Å². The van der Waals surface area contributed by atoms with Crippen molar-refractivity contribution in [3.8, 4) is 0 Å². The first-order valence-electron chi connectivity index (χ1n) is 4.85. The molecule has 0 amide bonds. The van der Waals surface area contributed by atoms with E-state index in [-0.39, 0.29) is 0 Å². The van der Waals surface area contributed by atoms with Gasteiger partial charge in [-0.2, -0.15) is 5.10 Å². The molecule has 13 heavy (non-hydrogen) atoms. The van der Waals surface area contributed by atoms with E-state index in [1.807, 2.05) is 13.2 Å². The van der Waals surface area contributed by atoms with E-state index in [2.05, 4.69) is 20.4 Å². The van der Waals surface area contributed by atoms with Crippen LogP contribution >= 0.6 is 0 Å². The van der Waals surface area contributed by atoms with Crippen LogP contribution in [0.25, 0.3) is 0 Å². The van der Waals surface area contributed by atoms with Crippen molar-refractivity contribution in [2.24, 2.45) is 0 Å². The van der Waals surface area contributed by atoms with Crippen LogP contribution in [0.3, 0.4) is 0 Å². The van der Waals surface area contributed by atoms with E-state index in [0.717, 1.165) is 19.6 Å². The van der Waals surface area contributed by atoms with Crippen LogP contribution in [-0.2, 0) is 13.0 Å². The molecule has 2 rings (SSSR count). The second-order valence-electron chi connectivity index (χ2n) is 3.39. The van der Waals surface area contributed by atoms with Crippen LogP contribution < -0.4 is 10.6 Å². The van der Waals surface area contributed by atoms with Gasteiger partial charge in [-0.3, -0.25) is 4.68 Å². The molecule has 0 aromatic carbocycles. The maximum Gasteiger partial charge on any atom is 0.0769 e. The van der Waals surface area contributed by atoms with Crippen molar-refractivity contribution in [2.45, 2.75) is 25.8 Å². The van der Waals surface area contributed by atoms with E-state index in [1.54, 1.807) is 0 Å². The number of aromatic nitrogens is 2. The van der Waals surface area contributed by atoms with E-state index in [1.165, 1.54) is 24.2 Å². The number of nitrogens with one attached hydrogen (secondary N) is 2. The van der Waals surface area contributed by atoms with Crippen LogP contribution in [0.5, 0.6) is 0 Å². The topological polar surface area (TPSA) is 41.9 Å². The van der Waals surface area contributed by atoms with Crippen molar-refractivity contribution < 1.29 is 0 Å². The molecule has 0 spiro atoms. The Hall–Kier alpha value is -1.03. The fraction of sp³-hybridized carbons (Fsp3) is 0.667. The zero-order chi connectivity index (χ0) is 9.10. The minimum absolute atomic E-state index is 0.804. The van der Waals surface area contributed by atoms with Crippen LogP contribution in [0.1, 0.15) is 18.5 Å². The number of hydrogen-bond donors (Lipinski definition) is 2. The molecule has 0 saturated heterocycles. The SMILES string of the molecule is CNCNc1cnn2c1CCCC2. The average molecular weight is 180 g/mol. The molecule has 72 valence electrons. The highest BCUT2D eigenvalue weighted by Gasteiger charge is 2.13. The molecule has 0 aliphatic carbocycles. The number of hydrogen-bond acceptors (Lipinski definition) is 3. The summed E-state index contributed by atoms with van der Waals surface area (Å²) in [4.78, 5) is 0. The Bertz CT molecular complexity index is 279. The summed E-state index contributed by atoms with van der Waals surface area (Å²) in [6.45, 7) is 1.88. The third-order valence-corrected chi connectivity index (χ3v) is 2.44. The lowest BCUT2D eigenvalue weighted by molar-refractivity contribution is 0.487. The highest BCUT2D eigenvalue weighted by Crippen LogP contribution is 2.21.